The Morgan fingerprint density at radius 2 is 1.86 bits per heavy atom. The number of ketones is 1. The van der Waals surface area contributed by atoms with Crippen LogP contribution in [0.1, 0.15) is 116 Å². The number of aromatic nitrogens is 1. The van der Waals surface area contributed by atoms with Crippen molar-refractivity contribution in [1.82, 2.24) is 14.6 Å². The van der Waals surface area contributed by atoms with Crippen molar-refractivity contribution >= 4 is 56.1 Å². The van der Waals surface area contributed by atoms with E-state index in [4.69, 9.17) is 26.1 Å². The highest BCUT2D eigenvalue weighted by Gasteiger charge is 2.63. The van der Waals surface area contributed by atoms with Gasteiger partial charge in [-0.2, -0.15) is 0 Å². The molecule has 1 aromatic heterocycles. The Bertz CT molecular complexity index is 2060. The van der Waals surface area contributed by atoms with E-state index in [2.05, 4.69) is 17.9 Å². The van der Waals surface area contributed by atoms with E-state index in [1.807, 2.05) is 25.1 Å². The minimum absolute atomic E-state index is 0.0901. The third kappa shape index (κ3) is 8.56. The van der Waals surface area contributed by atoms with Crippen LogP contribution in [0.3, 0.4) is 0 Å². The second-order valence-corrected chi connectivity index (χ2v) is 20.4. The third-order valence-corrected chi connectivity index (χ3v) is 14.6. The molecule has 1 spiro atoms. The number of fused-ring (bicyclic) bond motifs is 3. The minimum atomic E-state index is -3.96. The first-order valence-corrected chi connectivity index (χ1v) is 21.8. The fourth-order valence-electron chi connectivity index (χ4n) is 8.54. The minimum Gasteiger partial charge on any atom is -0.483 e. The maximum Gasteiger partial charge on any atom is 0.307 e. The number of unbranched alkanes of at least 4 members (excludes halogenated alkanes) is 3. The number of rotatable bonds is 16. The monoisotopic (exact) mass is 809 g/mol. The van der Waals surface area contributed by atoms with Crippen molar-refractivity contribution in [3.8, 4) is 5.75 Å². The number of halogens is 1. The van der Waals surface area contributed by atoms with Crippen LogP contribution in [0, 0.1) is 24.2 Å². The van der Waals surface area contributed by atoms with Crippen molar-refractivity contribution in [1.29, 1.82) is 0 Å². The van der Waals surface area contributed by atoms with Crippen LogP contribution in [0.5, 0.6) is 5.75 Å². The molecule has 2 amide bonds. The molecule has 2 aliphatic heterocycles. The number of nitrogens with one attached hydrogen (secondary N) is 1. The molecule has 3 heterocycles. The summed E-state index contributed by atoms with van der Waals surface area (Å²) in [5.41, 5.74) is -0.577. The number of pyridine rings is 1. The first kappa shape index (κ1) is 41.9. The van der Waals surface area contributed by atoms with E-state index in [0.29, 0.717) is 55.0 Å². The normalized spacial score (nSPS) is 25.5. The molecule has 56 heavy (non-hydrogen) atoms. The van der Waals surface area contributed by atoms with Crippen molar-refractivity contribution in [3.05, 3.63) is 59.8 Å². The lowest BCUT2D eigenvalue weighted by Crippen LogP contribution is -2.48. The van der Waals surface area contributed by atoms with E-state index in [1.54, 1.807) is 44.7 Å². The van der Waals surface area contributed by atoms with Gasteiger partial charge in [0.05, 0.1) is 40.4 Å². The molecule has 2 saturated carbocycles. The lowest BCUT2D eigenvalue weighted by Gasteiger charge is -2.36. The molecule has 1 saturated heterocycles. The van der Waals surface area contributed by atoms with Gasteiger partial charge in [-0.25, -0.2) is 13.4 Å². The van der Waals surface area contributed by atoms with Crippen LogP contribution in [0.4, 0.5) is 0 Å². The first-order valence-electron chi connectivity index (χ1n) is 19.9. The van der Waals surface area contributed by atoms with E-state index < -0.39 is 61.1 Å². The highest BCUT2D eigenvalue weighted by molar-refractivity contribution is 7.91. The Kier molecular flexibility index (Phi) is 11.6. The van der Waals surface area contributed by atoms with Crippen molar-refractivity contribution in [2.75, 3.05) is 6.54 Å². The van der Waals surface area contributed by atoms with E-state index in [9.17, 15) is 27.6 Å². The van der Waals surface area contributed by atoms with E-state index >= 15 is 0 Å². The van der Waals surface area contributed by atoms with Gasteiger partial charge in [0.1, 0.15) is 17.0 Å². The van der Waals surface area contributed by atoms with Crippen molar-refractivity contribution in [2.45, 2.75) is 140 Å². The number of aryl methyl sites for hydroxylation is 2. The van der Waals surface area contributed by atoms with Gasteiger partial charge in [0, 0.05) is 34.7 Å². The van der Waals surface area contributed by atoms with E-state index in [1.165, 1.54) is 0 Å². The van der Waals surface area contributed by atoms with Crippen LogP contribution >= 0.6 is 11.6 Å². The van der Waals surface area contributed by atoms with Gasteiger partial charge >= 0.3 is 5.97 Å². The number of hydrogen-bond acceptors (Lipinski definition) is 9. The van der Waals surface area contributed by atoms with Gasteiger partial charge in [-0.15, -0.1) is 13.2 Å². The molecule has 11 nitrogen and oxygen atoms in total. The quantitative estimate of drug-likeness (QED) is 0.103. The van der Waals surface area contributed by atoms with Crippen LogP contribution in [0.15, 0.2) is 43.5 Å². The number of carbonyl (C=O) groups excluding carboxylic acids is 4. The summed E-state index contributed by atoms with van der Waals surface area (Å²) in [7, 11) is -3.96. The molecular formula is C43H56ClN3O8S. The van der Waals surface area contributed by atoms with Crippen LogP contribution in [0.25, 0.3) is 10.9 Å². The number of benzene rings is 1. The molecule has 5 atom stereocenters. The number of amides is 2. The zero-order valence-corrected chi connectivity index (χ0v) is 35.0. The number of Topliss-reactive ketones (excluding diaryl/α,β-unsaturated/α-hetero) is 1. The number of sulfonamides is 1. The van der Waals surface area contributed by atoms with E-state index in [0.717, 1.165) is 35.7 Å². The highest BCUT2D eigenvalue weighted by Crippen LogP contribution is 2.58. The molecule has 1 N–H and O–H groups in total. The molecule has 13 heteroatoms. The summed E-state index contributed by atoms with van der Waals surface area (Å²) in [4.78, 5) is 63.0. The summed E-state index contributed by atoms with van der Waals surface area (Å²) in [6, 6.07) is 4.56. The van der Waals surface area contributed by atoms with Gasteiger partial charge in [0.25, 0.3) is 0 Å². The molecular weight excluding hydrogens is 754 g/mol. The predicted molar refractivity (Wildman–Crippen MR) is 216 cm³/mol. The molecule has 0 radical (unpaired) electrons. The van der Waals surface area contributed by atoms with Crippen molar-refractivity contribution in [3.63, 3.8) is 0 Å². The Morgan fingerprint density at radius 1 is 1.12 bits per heavy atom. The molecule has 0 unspecified atom stereocenters. The predicted octanol–water partition coefficient (Wildman–Crippen LogP) is 7.50. The van der Waals surface area contributed by atoms with Crippen LogP contribution in [-0.2, 0) is 40.4 Å². The maximum absolute atomic E-state index is 14.9. The summed E-state index contributed by atoms with van der Waals surface area (Å²) in [6.45, 7) is 16.6. The third-order valence-electron chi connectivity index (χ3n) is 12.2. The molecule has 2 aromatic rings. The van der Waals surface area contributed by atoms with E-state index in [-0.39, 0.29) is 43.9 Å². The fourth-order valence-corrected chi connectivity index (χ4v) is 10.0. The number of ether oxygens (including phenoxy) is 2. The second kappa shape index (κ2) is 15.5. The van der Waals surface area contributed by atoms with Gasteiger partial charge in [0.2, 0.25) is 21.8 Å². The standard InChI is InChI=1S/C43H56ClN3O8S/c1-8-10-11-12-13-14-28(21-36(49)54-40(4,5)6)38(50)47-26-42(18-17-31-32-22-30(44)15-16-33(32)45-27(3)37(31)55-42)24-34(47)35(48)25-43(23-29(43)9-2)39(51)46-56(52,53)41(7)19-20-41/h8-9,15-16,22,28-29,34H,1-2,10-14,17-21,23-26H2,3-7H3,(H,46,51)/t28-,29-,34+,42-,43-/m1/s1. The van der Waals surface area contributed by atoms with Gasteiger partial charge in [0.15, 0.2) is 5.78 Å². The second-order valence-electron chi connectivity index (χ2n) is 17.8. The lowest BCUT2D eigenvalue weighted by atomic mass is 9.85. The first-order chi connectivity index (χ1) is 26.3. The van der Waals surface area contributed by atoms with Crippen molar-refractivity contribution in [2.24, 2.45) is 17.3 Å². The van der Waals surface area contributed by atoms with Gasteiger partial charge in [-0.3, -0.25) is 23.9 Å². The smallest absolute Gasteiger partial charge is 0.307 e. The molecule has 2 aliphatic carbocycles. The summed E-state index contributed by atoms with van der Waals surface area (Å²) in [5.74, 6) is -2.48. The molecule has 6 rings (SSSR count). The number of likely N-dealkylation sites (tertiary alicyclic amines) is 1. The van der Waals surface area contributed by atoms with Crippen molar-refractivity contribution < 1.29 is 37.1 Å². The number of nitrogens with zero attached hydrogens (tertiary/aromatic N) is 2. The summed E-state index contributed by atoms with van der Waals surface area (Å²) < 4.78 is 40.1. The van der Waals surface area contributed by atoms with Gasteiger partial charge in [-0.1, -0.05) is 36.6 Å². The topological polar surface area (TPSA) is 149 Å². The largest absolute Gasteiger partial charge is 0.483 e. The van der Waals surface area contributed by atoms with Gasteiger partial charge < -0.3 is 14.4 Å². The fraction of sp³-hybridized carbons (Fsp3) is 0.605. The zero-order valence-electron chi connectivity index (χ0n) is 33.4. The Hall–Kier alpha value is -3.77. The Balaban J connectivity index is 1.33. The van der Waals surface area contributed by atoms with Crippen LogP contribution in [-0.4, -0.2) is 70.4 Å². The van der Waals surface area contributed by atoms with Crippen LogP contribution < -0.4 is 9.46 Å². The average Bonchev–Trinajstić information content (AvgIpc) is 4.02. The number of esters is 1. The molecule has 3 fully saturated rings. The zero-order chi connectivity index (χ0) is 40.8. The van der Waals surface area contributed by atoms with Crippen LogP contribution in [0.2, 0.25) is 5.02 Å². The Labute approximate surface area is 336 Å². The average molecular weight is 810 g/mol. The summed E-state index contributed by atoms with van der Waals surface area (Å²) in [6.07, 6.45) is 9.11. The Morgan fingerprint density at radius 3 is 2.50 bits per heavy atom. The number of allylic oxidation sites excluding steroid dienone is 2. The maximum atomic E-state index is 14.9. The number of hydrogen-bond donors (Lipinski definition) is 1. The molecule has 304 valence electrons. The molecule has 1 aromatic carbocycles. The molecule has 4 aliphatic rings. The molecule has 0 bridgehead atoms. The highest BCUT2D eigenvalue weighted by atomic mass is 35.5. The van der Waals surface area contributed by atoms with Gasteiger partial charge in [-0.05, 0) is 110 Å². The number of carbonyl (C=O) groups is 4. The SMILES string of the molecule is C=CCCCCC[C@H](CC(=O)OC(C)(C)C)C(=O)N1C[C@@]2(CCc3c(c(C)nc4ccc(Cl)cc34)O2)C[C@H]1C(=O)C[C@]1(C(=O)NS(=O)(=O)C2(C)CC2)C[C@H]1C=C. The summed E-state index contributed by atoms with van der Waals surface area (Å²) >= 11 is 6.40. The summed E-state index contributed by atoms with van der Waals surface area (Å²) in [5, 5.41) is 1.46. The lowest BCUT2D eigenvalue weighted by molar-refractivity contribution is -0.159.